The lowest BCUT2D eigenvalue weighted by Crippen LogP contribution is -2.53. The van der Waals surface area contributed by atoms with Crippen molar-refractivity contribution >= 4 is 15.8 Å². The third-order valence-electron chi connectivity index (χ3n) is 3.31. The molecule has 1 saturated heterocycles. The lowest BCUT2D eigenvalue weighted by molar-refractivity contribution is -0.122. The van der Waals surface area contributed by atoms with Crippen molar-refractivity contribution in [2.75, 3.05) is 13.1 Å². The molecular weight excluding hydrogens is 216 g/mol. The Kier molecular flexibility index (Phi) is 3.52. The van der Waals surface area contributed by atoms with E-state index in [1.165, 1.54) is 6.92 Å². The molecule has 0 aliphatic carbocycles. The van der Waals surface area contributed by atoms with Gasteiger partial charge in [-0.3, -0.25) is 4.79 Å². The molecule has 2 unspecified atom stereocenters. The van der Waals surface area contributed by atoms with Gasteiger partial charge in [-0.2, -0.15) is 0 Å². The fraction of sp³-hybridized carbons (Fsp3) is 0.889. The summed E-state index contributed by atoms with van der Waals surface area (Å²) in [6.45, 7) is 4.39. The maximum absolute atomic E-state index is 11.8. The Morgan fingerprint density at radius 3 is 2.53 bits per heavy atom. The number of carbonyl (C=O) groups excluding carboxylic acids is 1. The van der Waals surface area contributed by atoms with Crippen LogP contribution in [0.15, 0.2) is 0 Å². The van der Waals surface area contributed by atoms with Crippen LogP contribution in [0.25, 0.3) is 0 Å². The van der Waals surface area contributed by atoms with Crippen molar-refractivity contribution in [3.8, 4) is 0 Å². The van der Waals surface area contributed by atoms with Gasteiger partial charge in [-0.25, -0.2) is 13.6 Å². The summed E-state index contributed by atoms with van der Waals surface area (Å²) >= 11 is 0. The third kappa shape index (κ3) is 2.07. The Hall–Kier alpha value is -0.460. The van der Waals surface area contributed by atoms with Gasteiger partial charge in [-0.05, 0) is 26.4 Å². The van der Waals surface area contributed by atoms with Gasteiger partial charge in [-0.1, -0.05) is 6.92 Å². The van der Waals surface area contributed by atoms with E-state index in [1.54, 1.807) is 6.92 Å². The predicted molar refractivity (Wildman–Crippen MR) is 57.8 cm³/mol. The Morgan fingerprint density at radius 1 is 1.60 bits per heavy atom. The van der Waals surface area contributed by atoms with E-state index >= 15 is 0 Å². The molecule has 1 aliphatic heterocycles. The molecule has 3 N–H and O–H groups in total. The third-order valence-corrected chi connectivity index (χ3v) is 5.05. The number of hydrogen-bond donors (Lipinski definition) is 2. The van der Waals surface area contributed by atoms with Gasteiger partial charge in [0, 0.05) is 12.3 Å². The number of hydrogen-bond acceptors (Lipinski definition) is 4. The average molecular weight is 234 g/mol. The Labute approximate surface area is 90.5 Å². The quantitative estimate of drug-likeness (QED) is 0.694. The van der Waals surface area contributed by atoms with Gasteiger partial charge in [0.2, 0.25) is 10.0 Å². The van der Waals surface area contributed by atoms with Gasteiger partial charge >= 0.3 is 0 Å². The molecule has 0 radical (unpaired) electrons. The van der Waals surface area contributed by atoms with Crippen molar-refractivity contribution in [3.05, 3.63) is 0 Å². The van der Waals surface area contributed by atoms with E-state index < -0.39 is 14.8 Å². The number of nitrogens with two attached hydrogens (primary N) is 1. The number of primary sulfonamides is 1. The molecule has 5 nitrogen and oxygen atoms in total. The van der Waals surface area contributed by atoms with Crippen LogP contribution in [0.1, 0.15) is 26.7 Å². The van der Waals surface area contributed by atoms with Crippen LogP contribution in [0.3, 0.4) is 0 Å². The molecule has 15 heavy (non-hydrogen) atoms. The number of carbonyl (C=O) groups is 1. The van der Waals surface area contributed by atoms with Crippen LogP contribution in [0, 0.1) is 5.92 Å². The van der Waals surface area contributed by atoms with Crippen LogP contribution >= 0.6 is 0 Å². The second kappa shape index (κ2) is 4.19. The minimum Gasteiger partial charge on any atom is -0.316 e. The molecule has 0 saturated carbocycles. The van der Waals surface area contributed by atoms with E-state index in [9.17, 15) is 13.2 Å². The molecule has 0 aromatic heterocycles. The average Bonchev–Trinajstić information content (AvgIpc) is 2.66. The highest BCUT2D eigenvalue weighted by molar-refractivity contribution is 7.91. The van der Waals surface area contributed by atoms with Gasteiger partial charge in [0.25, 0.3) is 0 Å². The number of Topliss-reactive ketones (excluding diaryl/α,β-unsaturated/α-hetero) is 1. The van der Waals surface area contributed by atoms with Crippen molar-refractivity contribution in [2.24, 2.45) is 11.1 Å². The molecule has 0 amide bonds. The number of rotatable bonds is 4. The Morgan fingerprint density at radius 2 is 2.20 bits per heavy atom. The monoisotopic (exact) mass is 234 g/mol. The number of nitrogens with one attached hydrogen (secondary N) is 1. The Bertz CT molecular complexity index is 346. The van der Waals surface area contributed by atoms with Crippen LogP contribution in [-0.4, -0.2) is 32.0 Å². The molecular formula is C9H18N2O3S. The zero-order valence-corrected chi connectivity index (χ0v) is 9.93. The summed E-state index contributed by atoms with van der Waals surface area (Å²) in [6, 6.07) is 0. The fourth-order valence-electron chi connectivity index (χ4n) is 2.09. The maximum atomic E-state index is 11.8. The number of sulfonamides is 1. The number of ketones is 1. The van der Waals surface area contributed by atoms with Crippen molar-refractivity contribution in [1.29, 1.82) is 0 Å². The second-order valence-electron chi connectivity index (χ2n) is 4.12. The molecule has 1 heterocycles. The standard InChI is InChI=1S/C9H18N2O3S/c1-3-8(12)9(2,15(10,13)14)7-4-5-11-6-7/h7,11H,3-6H2,1-2H3,(H2,10,13,14). The predicted octanol–water partition coefficient (Wildman–Crippen LogP) is -0.378. The largest absolute Gasteiger partial charge is 0.316 e. The highest BCUT2D eigenvalue weighted by Crippen LogP contribution is 2.31. The molecule has 0 aromatic carbocycles. The van der Waals surface area contributed by atoms with Gasteiger partial charge in [0.1, 0.15) is 4.75 Å². The van der Waals surface area contributed by atoms with Crippen molar-refractivity contribution in [2.45, 2.75) is 31.4 Å². The normalized spacial score (nSPS) is 26.2. The maximum Gasteiger partial charge on any atom is 0.222 e. The summed E-state index contributed by atoms with van der Waals surface area (Å²) in [5, 5.41) is 8.25. The summed E-state index contributed by atoms with van der Waals surface area (Å²) in [5.41, 5.74) is 0. The minimum absolute atomic E-state index is 0.198. The molecule has 1 aliphatic rings. The van der Waals surface area contributed by atoms with Crippen LogP contribution < -0.4 is 10.5 Å². The molecule has 6 heteroatoms. The summed E-state index contributed by atoms with van der Waals surface area (Å²) < 4.78 is 21.7. The van der Waals surface area contributed by atoms with Gasteiger partial charge < -0.3 is 5.32 Å². The summed E-state index contributed by atoms with van der Waals surface area (Å²) in [4.78, 5) is 11.8. The summed E-state index contributed by atoms with van der Waals surface area (Å²) in [7, 11) is -3.85. The van der Waals surface area contributed by atoms with Crippen molar-refractivity contribution in [3.63, 3.8) is 0 Å². The van der Waals surface area contributed by atoms with Crippen LogP contribution in [-0.2, 0) is 14.8 Å². The van der Waals surface area contributed by atoms with Gasteiger partial charge in [0.05, 0.1) is 0 Å². The fourth-order valence-corrected chi connectivity index (χ4v) is 3.22. The highest BCUT2D eigenvalue weighted by Gasteiger charge is 2.50. The zero-order valence-electron chi connectivity index (χ0n) is 9.12. The smallest absolute Gasteiger partial charge is 0.222 e. The zero-order chi connectivity index (χ0) is 11.7. The molecule has 1 rings (SSSR count). The van der Waals surface area contributed by atoms with Crippen LogP contribution in [0.5, 0.6) is 0 Å². The first kappa shape index (κ1) is 12.6. The first-order chi connectivity index (χ1) is 6.84. The molecule has 2 atom stereocenters. The van der Waals surface area contributed by atoms with E-state index in [4.69, 9.17) is 5.14 Å². The van der Waals surface area contributed by atoms with Gasteiger partial charge in [-0.15, -0.1) is 0 Å². The van der Waals surface area contributed by atoms with E-state index in [0.717, 1.165) is 6.54 Å². The second-order valence-corrected chi connectivity index (χ2v) is 6.06. The summed E-state index contributed by atoms with van der Waals surface area (Å²) in [5.74, 6) is -0.501. The molecule has 0 bridgehead atoms. The summed E-state index contributed by atoms with van der Waals surface area (Å²) in [6.07, 6.45) is 0.877. The highest BCUT2D eigenvalue weighted by atomic mass is 32.2. The van der Waals surface area contributed by atoms with Crippen LogP contribution in [0.2, 0.25) is 0 Å². The van der Waals surface area contributed by atoms with E-state index in [2.05, 4.69) is 5.32 Å². The van der Waals surface area contributed by atoms with Crippen molar-refractivity contribution in [1.82, 2.24) is 5.32 Å². The van der Waals surface area contributed by atoms with E-state index in [0.29, 0.717) is 13.0 Å². The van der Waals surface area contributed by atoms with Gasteiger partial charge in [0.15, 0.2) is 5.78 Å². The molecule has 0 spiro atoms. The van der Waals surface area contributed by atoms with Crippen molar-refractivity contribution < 1.29 is 13.2 Å². The van der Waals surface area contributed by atoms with E-state index in [-0.39, 0.29) is 18.1 Å². The first-order valence-corrected chi connectivity index (χ1v) is 6.65. The first-order valence-electron chi connectivity index (χ1n) is 5.10. The van der Waals surface area contributed by atoms with Crippen LogP contribution in [0.4, 0.5) is 0 Å². The Balaban J connectivity index is 3.11. The topological polar surface area (TPSA) is 89.3 Å². The van der Waals surface area contributed by atoms with E-state index in [1.807, 2.05) is 0 Å². The molecule has 0 aromatic rings. The molecule has 88 valence electrons. The lowest BCUT2D eigenvalue weighted by Gasteiger charge is -2.30. The molecule has 1 fully saturated rings. The lowest BCUT2D eigenvalue weighted by atomic mass is 9.87. The SMILES string of the molecule is CCC(=O)C(C)(C1CCNC1)S(N)(=O)=O. The minimum atomic E-state index is -3.85.